The van der Waals surface area contributed by atoms with E-state index in [9.17, 15) is 13.2 Å². The number of sulfonamides is 1. The van der Waals surface area contributed by atoms with Crippen molar-refractivity contribution in [2.75, 3.05) is 13.2 Å². The van der Waals surface area contributed by atoms with Gasteiger partial charge in [0.25, 0.3) is 0 Å². The fourth-order valence-corrected chi connectivity index (χ4v) is 3.25. The molecule has 0 spiro atoms. The first-order valence-electron chi connectivity index (χ1n) is 5.26. The number of rotatable bonds is 7. The molecule has 0 saturated carbocycles. The number of carbonyl (C=O) groups is 1. The summed E-state index contributed by atoms with van der Waals surface area (Å²) in [5.41, 5.74) is 0. The minimum absolute atomic E-state index is 0.00574. The van der Waals surface area contributed by atoms with Crippen molar-refractivity contribution in [2.24, 2.45) is 0 Å². The summed E-state index contributed by atoms with van der Waals surface area (Å²) in [5, 5.41) is 10.0. The van der Waals surface area contributed by atoms with Gasteiger partial charge in [0, 0.05) is 11.9 Å². The zero-order chi connectivity index (χ0) is 13.8. The second-order valence-electron chi connectivity index (χ2n) is 3.77. The van der Waals surface area contributed by atoms with Crippen LogP contribution in [0, 0.1) is 0 Å². The van der Waals surface area contributed by atoms with Crippen LogP contribution >= 0.6 is 11.3 Å². The number of carboxylic acid groups (broad SMARTS) is 1. The first-order chi connectivity index (χ1) is 8.33. The predicted molar refractivity (Wildman–Crippen MR) is 67.6 cm³/mol. The van der Waals surface area contributed by atoms with Gasteiger partial charge in [-0.15, -0.1) is 11.3 Å². The summed E-state index contributed by atoms with van der Waals surface area (Å²) in [5.74, 6) is -1.13. The van der Waals surface area contributed by atoms with Crippen LogP contribution < -0.4 is 4.72 Å². The van der Waals surface area contributed by atoms with E-state index in [1.54, 1.807) is 0 Å². The summed E-state index contributed by atoms with van der Waals surface area (Å²) in [7, 11) is -3.65. The molecule has 1 aromatic rings. The van der Waals surface area contributed by atoms with Gasteiger partial charge in [-0.25, -0.2) is 17.9 Å². The molecule has 0 aromatic carbocycles. The third kappa shape index (κ3) is 4.37. The lowest BCUT2D eigenvalue weighted by Gasteiger charge is -2.08. The molecule has 0 aliphatic rings. The number of nitrogens with one attached hydrogen (secondary N) is 1. The van der Waals surface area contributed by atoms with Crippen molar-refractivity contribution in [1.82, 2.24) is 4.72 Å². The molecule has 8 heteroatoms. The van der Waals surface area contributed by atoms with Gasteiger partial charge in [0.15, 0.2) is 0 Å². The van der Waals surface area contributed by atoms with Crippen LogP contribution in [-0.4, -0.2) is 38.7 Å². The van der Waals surface area contributed by atoms with Crippen LogP contribution in [0.4, 0.5) is 0 Å². The van der Waals surface area contributed by atoms with Crippen LogP contribution in [0.1, 0.15) is 23.5 Å². The summed E-state index contributed by atoms with van der Waals surface area (Å²) < 4.78 is 31.1. The number of thiophene rings is 1. The minimum atomic E-state index is -3.65. The fraction of sp³-hybridized carbons (Fsp3) is 0.500. The standard InChI is InChI=1S/C10H15NO5S2/c1-7(2)16-4-3-11-18(14,15)8-5-9(10(12)13)17-6-8/h5-7,11H,3-4H2,1-2H3,(H,12,13). The summed E-state index contributed by atoms with van der Waals surface area (Å²) in [4.78, 5) is 10.6. The number of hydrogen-bond donors (Lipinski definition) is 2. The molecule has 0 atom stereocenters. The summed E-state index contributed by atoms with van der Waals surface area (Å²) >= 11 is 0.879. The van der Waals surface area contributed by atoms with Gasteiger partial charge in [-0.2, -0.15) is 0 Å². The molecule has 2 N–H and O–H groups in total. The lowest BCUT2D eigenvalue weighted by molar-refractivity contribution is 0.0702. The van der Waals surface area contributed by atoms with Crippen LogP contribution in [0.15, 0.2) is 16.3 Å². The molecule has 102 valence electrons. The largest absolute Gasteiger partial charge is 0.477 e. The molecular formula is C10H15NO5S2. The third-order valence-electron chi connectivity index (χ3n) is 1.94. The molecule has 6 nitrogen and oxygen atoms in total. The van der Waals surface area contributed by atoms with Crippen molar-refractivity contribution in [1.29, 1.82) is 0 Å². The highest BCUT2D eigenvalue weighted by atomic mass is 32.2. The Morgan fingerprint density at radius 1 is 1.56 bits per heavy atom. The Hall–Kier alpha value is -0.960. The highest BCUT2D eigenvalue weighted by Crippen LogP contribution is 2.18. The van der Waals surface area contributed by atoms with Crippen LogP contribution in [0.3, 0.4) is 0 Å². The van der Waals surface area contributed by atoms with E-state index in [0.717, 1.165) is 17.4 Å². The van der Waals surface area contributed by atoms with E-state index in [4.69, 9.17) is 9.84 Å². The second kappa shape index (κ2) is 6.28. The number of aromatic carboxylic acids is 1. The van der Waals surface area contributed by atoms with E-state index in [0.29, 0.717) is 0 Å². The molecule has 0 bridgehead atoms. The van der Waals surface area contributed by atoms with Gasteiger partial charge in [0.05, 0.1) is 17.6 Å². The van der Waals surface area contributed by atoms with Crippen molar-refractivity contribution in [3.05, 3.63) is 16.3 Å². The Kier molecular flexibility index (Phi) is 5.27. The molecule has 0 unspecified atom stereocenters. The van der Waals surface area contributed by atoms with Crippen molar-refractivity contribution < 1.29 is 23.1 Å². The minimum Gasteiger partial charge on any atom is -0.477 e. The lowest BCUT2D eigenvalue weighted by atomic mass is 10.5. The number of carboxylic acids is 1. The molecule has 0 amide bonds. The predicted octanol–water partition coefficient (Wildman–Crippen LogP) is 1.15. The number of hydrogen-bond acceptors (Lipinski definition) is 5. The van der Waals surface area contributed by atoms with Crippen molar-refractivity contribution in [3.8, 4) is 0 Å². The van der Waals surface area contributed by atoms with Gasteiger partial charge in [0.1, 0.15) is 4.88 Å². The van der Waals surface area contributed by atoms with E-state index in [1.165, 1.54) is 5.38 Å². The average molecular weight is 293 g/mol. The highest BCUT2D eigenvalue weighted by Gasteiger charge is 2.17. The quantitative estimate of drug-likeness (QED) is 0.736. The lowest BCUT2D eigenvalue weighted by Crippen LogP contribution is -2.28. The van der Waals surface area contributed by atoms with E-state index in [-0.39, 0.29) is 29.0 Å². The normalized spacial score (nSPS) is 11.9. The van der Waals surface area contributed by atoms with E-state index >= 15 is 0 Å². The van der Waals surface area contributed by atoms with Crippen LogP contribution in [-0.2, 0) is 14.8 Å². The number of ether oxygens (including phenoxy) is 1. The molecule has 0 radical (unpaired) electrons. The fourth-order valence-electron chi connectivity index (χ4n) is 1.13. The van der Waals surface area contributed by atoms with E-state index in [2.05, 4.69) is 4.72 Å². The Labute approximate surface area is 110 Å². The molecule has 1 aromatic heterocycles. The molecule has 18 heavy (non-hydrogen) atoms. The summed E-state index contributed by atoms with van der Waals surface area (Å²) in [6.07, 6.45) is 0.0364. The maximum absolute atomic E-state index is 11.8. The highest BCUT2D eigenvalue weighted by molar-refractivity contribution is 7.89. The molecule has 0 aliphatic heterocycles. The van der Waals surface area contributed by atoms with Crippen molar-refractivity contribution in [3.63, 3.8) is 0 Å². The Morgan fingerprint density at radius 2 is 2.22 bits per heavy atom. The molecule has 0 aliphatic carbocycles. The maximum Gasteiger partial charge on any atom is 0.345 e. The summed E-state index contributed by atoms with van der Waals surface area (Å²) in [6, 6.07) is 1.14. The van der Waals surface area contributed by atoms with Gasteiger partial charge in [-0.3, -0.25) is 0 Å². The van der Waals surface area contributed by atoms with E-state index in [1.807, 2.05) is 13.8 Å². The zero-order valence-corrected chi connectivity index (χ0v) is 11.7. The molecule has 1 rings (SSSR count). The van der Waals surface area contributed by atoms with Gasteiger partial charge >= 0.3 is 5.97 Å². The van der Waals surface area contributed by atoms with Crippen molar-refractivity contribution in [2.45, 2.75) is 24.8 Å². The Morgan fingerprint density at radius 3 is 2.72 bits per heavy atom. The monoisotopic (exact) mass is 293 g/mol. The first kappa shape index (κ1) is 15.1. The SMILES string of the molecule is CC(C)OCCNS(=O)(=O)c1csc(C(=O)O)c1. The van der Waals surface area contributed by atoms with Gasteiger partial charge in [0.2, 0.25) is 10.0 Å². The van der Waals surface area contributed by atoms with Gasteiger partial charge < -0.3 is 9.84 Å². The molecular weight excluding hydrogens is 278 g/mol. The van der Waals surface area contributed by atoms with Gasteiger partial charge in [-0.1, -0.05) is 0 Å². The first-order valence-corrected chi connectivity index (χ1v) is 7.62. The van der Waals surface area contributed by atoms with Crippen molar-refractivity contribution >= 4 is 27.3 Å². The summed E-state index contributed by atoms with van der Waals surface area (Å²) in [6.45, 7) is 4.13. The Bertz CT molecular complexity index is 506. The third-order valence-corrected chi connectivity index (χ3v) is 4.45. The second-order valence-corrected chi connectivity index (χ2v) is 6.45. The zero-order valence-electron chi connectivity index (χ0n) is 10.0. The van der Waals surface area contributed by atoms with Crippen LogP contribution in [0.25, 0.3) is 0 Å². The van der Waals surface area contributed by atoms with Gasteiger partial charge in [-0.05, 0) is 19.9 Å². The molecule has 0 saturated heterocycles. The maximum atomic E-state index is 11.8. The Balaban J connectivity index is 2.60. The molecule has 0 fully saturated rings. The molecule has 1 heterocycles. The smallest absolute Gasteiger partial charge is 0.345 e. The topological polar surface area (TPSA) is 92.7 Å². The van der Waals surface area contributed by atoms with Crippen LogP contribution in [0.2, 0.25) is 0 Å². The average Bonchev–Trinajstić information content (AvgIpc) is 2.74. The van der Waals surface area contributed by atoms with Crippen LogP contribution in [0.5, 0.6) is 0 Å². The van der Waals surface area contributed by atoms with E-state index < -0.39 is 16.0 Å².